The standard InChI is InChI=1S/C15H19N3O2.ClH/c1-11-14(16-9-10-19-11)15-17-13(18-20-15)8-7-12-5-3-2-4-6-12;/h2-6,11,14,16H,7-10H2,1H3;1H/t11-,14+;/m1./s1. The Morgan fingerprint density at radius 3 is 2.81 bits per heavy atom. The molecule has 1 aromatic carbocycles. The summed E-state index contributed by atoms with van der Waals surface area (Å²) in [7, 11) is 0. The minimum atomic E-state index is 0. The van der Waals surface area contributed by atoms with E-state index >= 15 is 0 Å². The molecule has 114 valence electrons. The van der Waals surface area contributed by atoms with Gasteiger partial charge >= 0.3 is 0 Å². The number of morpholine rings is 1. The van der Waals surface area contributed by atoms with Crippen molar-refractivity contribution < 1.29 is 9.26 Å². The highest BCUT2D eigenvalue weighted by molar-refractivity contribution is 5.85. The lowest BCUT2D eigenvalue weighted by molar-refractivity contribution is -0.00136. The average Bonchev–Trinajstić information content (AvgIpc) is 2.95. The van der Waals surface area contributed by atoms with Crippen molar-refractivity contribution in [2.24, 2.45) is 0 Å². The Hall–Kier alpha value is -1.43. The zero-order valence-corrected chi connectivity index (χ0v) is 12.8. The van der Waals surface area contributed by atoms with E-state index in [-0.39, 0.29) is 24.6 Å². The quantitative estimate of drug-likeness (QED) is 0.939. The molecule has 21 heavy (non-hydrogen) atoms. The predicted octanol–water partition coefficient (Wildman–Crippen LogP) is 2.33. The molecule has 2 aromatic rings. The van der Waals surface area contributed by atoms with Gasteiger partial charge in [0.25, 0.3) is 0 Å². The summed E-state index contributed by atoms with van der Waals surface area (Å²) in [5.74, 6) is 1.38. The zero-order valence-electron chi connectivity index (χ0n) is 12.0. The second-order valence-corrected chi connectivity index (χ2v) is 5.04. The van der Waals surface area contributed by atoms with Crippen molar-refractivity contribution in [3.05, 3.63) is 47.6 Å². The fourth-order valence-electron chi connectivity index (χ4n) is 2.41. The molecule has 0 unspecified atom stereocenters. The molecule has 2 heterocycles. The number of hydrogen-bond acceptors (Lipinski definition) is 5. The summed E-state index contributed by atoms with van der Waals surface area (Å²) in [4.78, 5) is 4.48. The normalized spacial score (nSPS) is 21.8. The lowest BCUT2D eigenvalue weighted by Gasteiger charge is -2.27. The molecule has 0 aliphatic carbocycles. The van der Waals surface area contributed by atoms with Crippen LogP contribution in [-0.2, 0) is 17.6 Å². The Morgan fingerprint density at radius 1 is 1.24 bits per heavy atom. The molecule has 1 aromatic heterocycles. The third-order valence-electron chi connectivity index (χ3n) is 3.55. The van der Waals surface area contributed by atoms with E-state index in [1.165, 1.54) is 5.56 Å². The van der Waals surface area contributed by atoms with Gasteiger partial charge in [-0.1, -0.05) is 35.5 Å². The van der Waals surface area contributed by atoms with E-state index in [9.17, 15) is 0 Å². The highest BCUT2D eigenvalue weighted by Gasteiger charge is 2.28. The number of nitrogens with zero attached hydrogens (tertiary/aromatic N) is 2. The third-order valence-corrected chi connectivity index (χ3v) is 3.55. The molecule has 0 spiro atoms. The Morgan fingerprint density at radius 2 is 2.05 bits per heavy atom. The maximum absolute atomic E-state index is 5.59. The van der Waals surface area contributed by atoms with Crippen LogP contribution in [0.4, 0.5) is 0 Å². The number of halogens is 1. The number of benzene rings is 1. The third kappa shape index (κ3) is 4.03. The summed E-state index contributed by atoms with van der Waals surface area (Å²) in [5, 5.41) is 7.41. The predicted molar refractivity (Wildman–Crippen MR) is 81.6 cm³/mol. The van der Waals surface area contributed by atoms with Crippen molar-refractivity contribution in [1.82, 2.24) is 15.5 Å². The first-order valence-corrected chi connectivity index (χ1v) is 7.04. The minimum absolute atomic E-state index is 0. The average molecular weight is 310 g/mol. The molecule has 1 saturated heterocycles. The fourth-order valence-corrected chi connectivity index (χ4v) is 2.41. The minimum Gasteiger partial charge on any atom is -0.375 e. The van der Waals surface area contributed by atoms with Gasteiger partial charge in [0, 0.05) is 13.0 Å². The molecule has 2 atom stereocenters. The molecular formula is C15H20ClN3O2. The SMILES string of the molecule is C[C@H]1OCCN[C@@H]1c1nc(CCc2ccccc2)no1.Cl. The maximum atomic E-state index is 5.59. The van der Waals surface area contributed by atoms with E-state index < -0.39 is 0 Å². The van der Waals surface area contributed by atoms with Crippen molar-refractivity contribution in [3.63, 3.8) is 0 Å². The highest BCUT2D eigenvalue weighted by atomic mass is 35.5. The Balaban J connectivity index is 0.00000161. The summed E-state index contributed by atoms with van der Waals surface area (Å²) < 4.78 is 11.0. The number of hydrogen-bond donors (Lipinski definition) is 1. The van der Waals surface area contributed by atoms with Crippen LogP contribution in [0.5, 0.6) is 0 Å². The van der Waals surface area contributed by atoms with Gasteiger partial charge in [0.2, 0.25) is 5.89 Å². The van der Waals surface area contributed by atoms with Gasteiger partial charge in [-0.3, -0.25) is 0 Å². The van der Waals surface area contributed by atoms with Gasteiger partial charge in [-0.15, -0.1) is 12.4 Å². The number of aromatic nitrogens is 2. The lowest BCUT2D eigenvalue weighted by Crippen LogP contribution is -2.40. The van der Waals surface area contributed by atoms with Crippen LogP contribution in [0.3, 0.4) is 0 Å². The van der Waals surface area contributed by atoms with Crippen LogP contribution in [0.1, 0.15) is 30.2 Å². The molecule has 1 aliphatic heterocycles. The van der Waals surface area contributed by atoms with E-state index in [0.717, 1.165) is 31.8 Å². The number of nitrogens with one attached hydrogen (secondary N) is 1. The maximum Gasteiger partial charge on any atom is 0.246 e. The van der Waals surface area contributed by atoms with Crippen molar-refractivity contribution in [1.29, 1.82) is 0 Å². The van der Waals surface area contributed by atoms with E-state index in [1.807, 2.05) is 25.1 Å². The van der Waals surface area contributed by atoms with Gasteiger partial charge < -0.3 is 14.6 Å². The molecule has 5 nitrogen and oxygen atoms in total. The van der Waals surface area contributed by atoms with Crippen LogP contribution in [0.15, 0.2) is 34.9 Å². The summed E-state index contributed by atoms with van der Waals surface area (Å²) in [6.07, 6.45) is 1.77. The van der Waals surface area contributed by atoms with Gasteiger partial charge in [0.15, 0.2) is 5.82 Å². The number of ether oxygens (including phenoxy) is 1. The van der Waals surface area contributed by atoms with Gasteiger partial charge in [-0.25, -0.2) is 0 Å². The molecule has 6 heteroatoms. The van der Waals surface area contributed by atoms with Crippen LogP contribution >= 0.6 is 12.4 Å². The molecule has 1 N–H and O–H groups in total. The van der Waals surface area contributed by atoms with Crippen LogP contribution in [-0.4, -0.2) is 29.4 Å². The smallest absolute Gasteiger partial charge is 0.246 e. The molecule has 0 bridgehead atoms. The van der Waals surface area contributed by atoms with Gasteiger partial charge in [-0.2, -0.15) is 4.98 Å². The van der Waals surface area contributed by atoms with Gasteiger partial charge in [0.1, 0.15) is 6.04 Å². The zero-order chi connectivity index (χ0) is 13.8. The van der Waals surface area contributed by atoms with Crippen LogP contribution in [0.2, 0.25) is 0 Å². The molecule has 3 rings (SSSR count). The number of rotatable bonds is 4. The lowest BCUT2D eigenvalue weighted by atomic mass is 10.1. The summed E-state index contributed by atoms with van der Waals surface area (Å²) in [6.45, 7) is 3.56. The second kappa shape index (κ2) is 7.54. The summed E-state index contributed by atoms with van der Waals surface area (Å²) >= 11 is 0. The Bertz CT molecular complexity index is 547. The van der Waals surface area contributed by atoms with E-state index in [0.29, 0.717) is 5.89 Å². The van der Waals surface area contributed by atoms with Crippen LogP contribution in [0.25, 0.3) is 0 Å². The molecule has 0 saturated carbocycles. The highest BCUT2D eigenvalue weighted by Crippen LogP contribution is 2.20. The van der Waals surface area contributed by atoms with Crippen molar-refractivity contribution in [2.75, 3.05) is 13.2 Å². The molecule has 1 fully saturated rings. The first kappa shape index (κ1) is 15.9. The van der Waals surface area contributed by atoms with Crippen molar-refractivity contribution >= 4 is 12.4 Å². The summed E-state index contributed by atoms with van der Waals surface area (Å²) in [5.41, 5.74) is 1.28. The monoisotopic (exact) mass is 309 g/mol. The van der Waals surface area contributed by atoms with E-state index in [1.54, 1.807) is 0 Å². The fraction of sp³-hybridized carbons (Fsp3) is 0.467. The van der Waals surface area contributed by atoms with Crippen LogP contribution in [0, 0.1) is 0 Å². The van der Waals surface area contributed by atoms with Crippen LogP contribution < -0.4 is 5.32 Å². The molecule has 0 amide bonds. The van der Waals surface area contributed by atoms with Gasteiger partial charge in [-0.05, 0) is 18.9 Å². The molecule has 1 aliphatic rings. The topological polar surface area (TPSA) is 60.2 Å². The molecular weight excluding hydrogens is 290 g/mol. The van der Waals surface area contributed by atoms with Crippen molar-refractivity contribution in [3.8, 4) is 0 Å². The summed E-state index contributed by atoms with van der Waals surface area (Å²) in [6, 6.07) is 10.3. The van der Waals surface area contributed by atoms with E-state index in [2.05, 4.69) is 27.6 Å². The Labute approximate surface area is 130 Å². The first-order chi connectivity index (χ1) is 9.83. The Kier molecular flexibility index (Phi) is 5.73. The first-order valence-electron chi connectivity index (χ1n) is 7.04. The second-order valence-electron chi connectivity index (χ2n) is 5.04. The van der Waals surface area contributed by atoms with Gasteiger partial charge in [0.05, 0.1) is 12.7 Å². The van der Waals surface area contributed by atoms with E-state index in [4.69, 9.17) is 9.26 Å². The molecule has 0 radical (unpaired) electrons. The largest absolute Gasteiger partial charge is 0.375 e. The van der Waals surface area contributed by atoms with Crippen molar-refractivity contribution in [2.45, 2.75) is 31.9 Å². The number of aryl methyl sites for hydroxylation is 2.